The van der Waals surface area contributed by atoms with Crippen molar-refractivity contribution < 1.29 is 0 Å². The van der Waals surface area contributed by atoms with Crippen molar-refractivity contribution in [2.45, 2.75) is 12.8 Å². The van der Waals surface area contributed by atoms with E-state index in [0.29, 0.717) is 11.5 Å². The second-order valence-electron chi connectivity index (χ2n) is 4.64. The van der Waals surface area contributed by atoms with Crippen molar-refractivity contribution in [2.75, 3.05) is 0 Å². The van der Waals surface area contributed by atoms with E-state index < -0.39 is 0 Å². The number of nitrogens with zero attached hydrogens (tertiary/aromatic N) is 8. The number of rotatable bonds is 4. The van der Waals surface area contributed by atoms with E-state index in [1.165, 1.54) is 0 Å². The summed E-state index contributed by atoms with van der Waals surface area (Å²) in [7, 11) is 0. The van der Waals surface area contributed by atoms with Gasteiger partial charge in [-0.1, -0.05) is 15.9 Å². The number of tetrazole rings is 2. The first-order chi connectivity index (χ1) is 10.8. The number of hydrogen-bond acceptors (Lipinski definition) is 7. The van der Waals surface area contributed by atoms with Crippen molar-refractivity contribution in [3.05, 3.63) is 34.3 Å². The molecule has 11 heteroatoms. The van der Waals surface area contributed by atoms with E-state index in [-0.39, 0.29) is 0 Å². The number of H-pyrrole nitrogens is 2. The van der Waals surface area contributed by atoms with Gasteiger partial charge < -0.3 is 4.40 Å². The highest BCUT2D eigenvalue weighted by molar-refractivity contribution is 9.10. The van der Waals surface area contributed by atoms with E-state index in [1.807, 2.05) is 22.9 Å². The van der Waals surface area contributed by atoms with Gasteiger partial charge in [0, 0.05) is 23.3 Å². The minimum atomic E-state index is 0.536. The molecule has 2 N–H and O–H groups in total. The predicted octanol–water partition coefficient (Wildman–Crippen LogP) is 0.575. The number of nitrogens with one attached hydrogen (secondary N) is 2. The van der Waals surface area contributed by atoms with Gasteiger partial charge in [0.15, 0.2) is 5.82 Å². The lowest BCUT2D eigenvalue weighted by Gasteiger charge is -2.04. The van der Waals surface area contributed by atoms with Crippen LogP contribution >= 0.6 is 15.9 Å². The monoisotopic (exact) mass is 360 g/mol. The third-order valence-electron chi connectivity index (χ3n) is 3.23. The molecule has 10 nitrogen and oxygen atoms in total. The molecule has 0 fully saturated rings. The van der Waals surface area contributed by atoms with Crippen LogP contribution in [0.5, 0.6) is 0 Å². The molecule has 0 unspecified atom stereocenters. The van der Waals surface area contributed by atoms with Crippen LogP contribution in [0, 0.1) is 0 Å². The van der Waals surface area contributed by atoms with Crippen molar-refractivity contribution in [3.63, 3.8) is 0 Å². The van der Waals surface area contributed by atoms with Gasteiger partial charge in [0.05, 0.1) is 0 Å². The third kappa shape index (κ3) is 2.35. The molecule has 0 radical (unpaired) electrons. The maximum absolute atomic E-state index is 4.49. The fraction of sp³-hybridized carbons (Fsp3) is 0.182. The molecule has 4 aromatic rings. The van der Waals surface area contributed by atoms with E-state index in [4.69, 9.17) is 0 Å². The topological polar surface area (TPSA) is 126 Å². The lowest BCUT2D eigenvalue weighted by molar-refractivity contribution is 0.854. The van der Waals surface area contributed by atoms with Gasteiger partial charge in [0.25, 0.3) is 0 Å². The zero-order valence-corrected chi connectivity index (χ0v) is 12.7. The van der Waals surface area contributed by atoms with Gasteiger partial charge in [-0.2, -0.15) is 0 Å². The van der Waals surface area contributed by atoms with Crippen molar-refractivity contribution in [1.29, 1.82) is 0 Å². The molecule has 4 aromatic heterocycles. The third-order valence-corrected chi connectivity index (χ3v) is 3.96. The quantitative estimate of drug-likeness (QED) is 0.544. The molecule has 0 amide bonds. The summed E-state index contributed by atoms with van der Waals surface area (Å²) >= 11 is 3.58. The number of pyridine rings is 1. The summed E-state index contributed by atoms with van der Waals surface area (Å²) in [6.07, 6.45) is 5.42. The van der Waals surface area contributed by atoms with Crippen molar-refractivity contribution in [3.8, 4) is 11.5 Å². The summed E-state index contributed by atoms with van der Waals surface area (Å²) in [6.45, 7) is 0. The summed E-state index contributed by atoms with van der Waals surface area (Å²) < 4.78 is 2.93. The molecule has 110 valence electrons. The molecule has 0 saturated carbocycles. The van der Waals surface area contributed by atoms with Gasteiger partial charge in [0.2, 0.25) is 0 Å². The summed E-state index contributed by atoms with van der Waals surface area (Å²) in [4.78, 5) is 4.49. The summed E-state index contributed by atoms with van der Waals surface area (Å²) in [5.41, 5.74) is 2.63. The Bertz CT molecular complexity index is 895. The van der Waals surface area contributed by atoms with Crippen LogP contribution in [-0.4, -0.2) is 50.6 Å². The molecule has 0 aliphatic carbocycles. The number of hydrogen-bond donors (Lipinski definition) is 2. The van der Waals surface area contributed by atoms with Crippen molar-refractivity contribution in [1.82, 2.24) is 50.6 Å². The van der Waals surface area contributed by atoms with Gasteiger partial charge in [-0.05, 0) is 38.9 Å². The molecule has 0 aliphatic heterocycles. The Morgan fingerprint density at radius 3 is 2.68 bits per heavy atom. The number of imidazole rings is 1. The van der Waals surface area contributed by atoms with Crippen molar-refractivity contribution >= 4 is 21.6 Å². The van der Waals surface area contributed by atoms with Crippen LogP contribution in [0.2, 0.25) is 0 Å². The molecule has 0 aromatic carbocycles. The summed E-state index contributed by atoms with van der Waals surface area (Å²) in [5, 5.41) is 27.5. The molecule has 0 atom stereocenters. The van der Waals surface area contributed by atoms with Crippen LogP contribution < -0.4 is 0 Å². The standard InChI is InChI=1S/C11H9BrN10/c12-7-3-10-13-8(11-16-20-21-17-11)5-22(10)4-6(7)1-2-9-14-18-19-15-9/h3-5H,1-2H2,(H,14,15,18,19)(H,16,17,20,21). The first kappa shape index (κ1) is 13.0. The number of halogens is 1. The van der Waals surface area contributed by atoms with E-state index in [2.05, 4.69) is 62.2 Å². The Labute approximate surface area is 131 Å². The maximum Gasteiger partial charge on any atom is 0.199 e. The second kappa shape index (κ2) is 5.26. The number of aromatic amines is 2. The van der Waals surface area contributed by atoms with E-state index in [9.17, 15) is 0 Å². The summed E-state index contributed by atoms with van der Waals surface area (Å²) in [5.74, 6) is 1.29. The Morgan fingerprint density at radius 1 is 1.05 bits per heavy atom. The predicted molar refractivity (Wildman–Crippen MR) is 77.6 cm³/mol. The van der Waals surface area contributed by atoms with Crippen LogP contribution in [0.1, 0.15) is 11.4 Å². The van der Waals surface area contributed by atoms with Crippen LogP contribution in [0.4, 0.5) is 0 Å². The number of fused-ring (bicyclic) bond motifs is 1. The Kier molecular flexibility index (Phi) is 3.11. The highest BCUT2D eigenvalue weighted by Crippen LogP contribution is 2.22. The molecule has 0 aliphatic rings. The average molecular weight is 361 g/mol. The van der Waals surface area contributed by atoms with Crippen LogP contribution in [0.15, 0.2) is 22.9 Å². The van der Waals surface area contributed by atoms with Gasteiger partial charge in [-0.3, -0.25) is 0 Å². The lowest BCUT2D eigenvalue weighted by atomic mass is 10.1. The first-order valence-electron chi connectivity index (χ1n) is 6.43. The van der Waals surface area contributed by atoms with Gasteiger partial charge in [-0.25, -0.2) is 15.2 Å². The maximum atomic E-state index is 4.49. The first-order valence-corrected chi connectivity index (χ1v) is 7.23. The highest BCUT2D eigenvalue weighted by Gasteiger charge is 2.11. The zero-order chi connectivity index (χ0) is 14.9. The Hall–Kier alpha value is -2.69. The lowest BCUT2D eigenvalue weighted by Crippen LogP contribution is -1.97. The van der Waals surface area contributed by atoms with Crippen LogP contribution in [0.3, 0.4) is 0 Å². The summed E-state index contributed by atoms with van der Waals surface area (Å²) in [6, 6.07) is 1.96. The highest BCUT2D eigenvalue weighted by atomic mass is 79.9. The van der Waals surface area contributed by atoms with E-state index in [1.54, 1.807) is 0 Å². The van der Waals surface area contributed by atoms with Crippen molar-refractivity contribution in [2.24, 2.45) is 0 Å². The molecule has 0 bridgehead atoms. The molecule has 22 heavy (non-hydrogen) atoms. The Morgan fingerprint density at radius 2 is 1.91 bits per heavy atom. The minimum Gasteiger partial charge on any atom is -0.306 e. The van der Waals surface area contributed by atoms with E-state index in [0.717, 1.165) is 34.3 Å². The largest absolute Gasteiger partial charge is 0.306 e. The molecule has 0 saturated heterocycles. The average Bonchev–Trinajstić information content (AvgIpc) is 3.25. The molecule has 0 spiro atoms. The minimum absolute atomic E-state index is 0.536. The Balaban J connectivity index is 1.66. The van der Waals surface area contributed by atoms with E-state index >= 15 is 0 Å². The second-order valence-corrected chi connectivity index (χ2v) is 5.49. The van der Waals surface area contributed by atoms with Gasteiger partial charge in [0.1, 0.15) is 17.2 Å². The normalized spacial score (nSPS) is 11.3. The fourth-order valence-corrected chi connectivity index (χ4v) is 2.66. The van der Waals surface area contributed by atoms with Crippen LogP contribution in [0.25, 0.3) is 17.2 Å². The van der Waals surface area contributed by atoms with Gasteiger partial charge in [-0.15, -0.1) is 10.2 Å². The number of aromatic nitrogens is 10. The number of aryl methyl sites for hydroxylation is 2. The van der Waals surface area contributed by atoms with Crippen LogP contribution in [-0.2, 0) is 12.8 Å². The SMILES string of the molecule is Brc1cc2nc(-c3nnn[nH]3)cn2cc1CCc1nnn[nH]1. The smallest absolute Gasteiger partial charge is 0.199 e. The zero-order valence-electron chi connectivity index (χ0n) is 11.1. The molecule has 4 heterocycles. The molecule has 4 rings (SSSR count). The fourth-order valence-electron chi connectivity index (χ4n) is 2.16. The molecular weight excluding hydrogens is 352 g/mol. The molecular formula is C11H9BrN10. The van der Waals surface area contributed by atoms with Gasteiger partial charge >= 0.3 is 0 Å².